The fourth-order valence-electron chi connectivity index (χ4n) is 2.93. The summed E-state index contributed by atoms with van der Waals surface area (Å²) in [7, 11) is 0. The number of anilines is 1. The summed E-state index contributed by atoms with van der Waals surface area (Å²) in [6.07, 6.45) is 4.12. The van der Waals surface area contributed by atoms with E-state index < -0.39 is 0 Å². The van der Waals surface area contributed by atoms with Crippen molar-refractivity contribution in [1.29, 1.82) is 5.26 Å². The Morgan fingerprint density at radius 1 is 1.44 bits per heavy atom. The van der Waals surface area contributed by atoms with Gasteiger partial charge in [0.25, 0.3) is 0 Å². The zero-order chi connectivity index (χ0) is 12.5. The fourth-order valence-corrected chi connectivity index (χ4v) is 3.14. The van der Waals surface area contributed by atoms with Crippen LogP contribution in [0.4, 0.5) is 5.82 Å². The standard InChI is InChI=1S/C13H15ClN4/c14-12-10(7-15)1-4-16-13(12)17-11-8-18-5-2-9(11)3-6-18/h1,4,9,11H,2-3,5-6,8H2,(H,16,17). The molecule has 1 N–H and O–H groups in total. The van der Waals surface area contributed by atoms with Crippen molar-refractivity contribution >= 4 is 17.4 Å². The van der Waals surface area contributed by atoms with E-state index in [4.69, 9.17) is 16.9 Å². The Labute approximate surface area is 112 Å². The van der Waals surface area contributed by atoms with Gasteiger partial charge in [-0.3, -0.25) is 0 Å². The molecule has 1 aromatic rings. The van der Waals surface area contributed by atoms with E-state index in [-0.39, 0.29) is 0 Å². The predicted molar refractivity (Wildman–Crippen MR) is 70.5 cm³/mol. The van der Waals surface area contributed by atoms with Gasteiger partial charge in [0.15, 0.2) is 0 Å². The maximum atomic E-state index is 8.96. The Morgan fingerprint density at radius 2 is 2.22 bits per heavy atom. The van der Waals surface area contributed by atoms with E-state index in [1.54, 1.807) is 12.3 Å². The predicted octanol–water partition coefficient (Wildman–Crippen LogP) is 2.11. The molecule has 2 bridgehead atoms. The van der Waals surface area contributed by atoms with Gasteiger partial charge >= 0.3 is 0 Å². The van der Waals surface area contributed by atoms with Crippen LogP contribution in [-0.4, -0.2) is 35.6 Å². The summed E-state index contributed by atoms with van der Waals surface area (Å²) in [5.74, 6) is 1.35. The van der Waals surface area contributed by atoms with Crippen LogP contribution in [-0.2, 0) is 0 Å². The first kappa shape index (κ1) is 11.8. The Hall–Kier alpha value is -1.31. The summed E-state index contributed by atoms with van der Waals surface area (Å²) in [4.78, 5) is 6.72. The summed E-state index contributed by atoms with van der Waals surface area (Å²) in [6.45, 7) is 3.48. The third-order valence-electron chi connectivity index (χ3n) is 3.99. The van der Waals surface area contributed by atoms with Crippen LogP contribution in [0.3, 0.4) is 0 Å². The molecule has 4 rings (SSSR count). The van der Waals surface area contributed by atoms with Gasteiger partial charge in [0.05, 0.1) is 5.56 Å². The number of aromatic nitrogens is 1. The molecule has 0 spiro atoms. The average molecular weight is 263 g/mol. The summed E-state index contributed by atoms with van der Waals surface area (Å²) in [5, 5.41) is 12.8. The quantitative estimate of drug-likeness (QED) is 0.887. The Bertz CT molecular complexity index is 488. The molecule has 0 saturated carbocycles. The second kappa shape index (κ2) is 4.75. The molecule has 0 radical (unpaired) electrons. The van der Waals surface area contributed by atoms with Crippen molar-refractivity contribution in [3.8, 4) is 6.07 Å². The van der Waals surface area contributed by atoms with E-state index in [1.165, 1.54) is 25.9 Å². The van der Waals surface area contributed by atoms with Crippen LogP contribution in [0.1, 0.15) is 18.4 Å². The minimum Gasteiger partial charge on any atom is -0.364 e. The lowest BCUT2D eigenvalue weighted by atomic mass is 9.84. The van der Waals surface area contributed by atoms with Crippen molar-refractivity contribution in [3.05, 3.63) is 22.8 Å². The number of nitrogens with one attached hydrogen (secondary N) is 1. The van der Waals surface area contributed by atoms with Crippen molar-refractivity contribution < 1.29 is 0 Å². The van der Waals surface area contributed by atoms with Crippen LogP contribution in [0.15, 0.2) is 12.3 Å². The van der Waals surface area contributed by atoms with Gasteiger partial charge in [-0.1, -0.05) is 11.6 Å². The molecular weight excluding hydrogens is 248 g/mol. The number of rotatable bonds is 2. The van der Waals surface area contributed by atoms with E-state index >= 15 is 0 Å². The van der Waals surface area contributed by atoms with E-state index in [2.05, 4.69) is 21.3 Å². The van der Waals surface area contributed by atoms with Gasteiger partial charge < -0.3 is 10.2 Å². The lowest BCUT2D eigenvalue weighted by molar-refractivity contribution is 0.0974. The van der Waals surface area contributed by atoms with Gasteiger partial charge in [0.1, 0.15) is 16.9 Å². The van der Waals surface area contributed by atoms with Crippen molar-refractivity contribution in [3.63, 3.8) is 0 Å². The smallest absolute Gasteiger partial charge is 0.146 e. The maximum Gasteiger partial charge on any atom is 0.146 e. The highest BCUT2D eigenvalue weighted by atomic mass is 35.5. The summed E-state index contributed by atoms with van der Waals surface area (Å²) < 4.78 is 0. The molecule has 1 aromatic heterocycles. The van der Waals surface area contributed by atoms with E-state index in [9.17, 15) is 0 Å². The number of pyridine rings is 1. The molecular formula is C13H15ClN4. The summed E-state index contributed by atoms with van der Waals surface area (Å²) in [5.41, 5.74) is 0.482. The lowest BCUT2D eigenvalue weighted by Crippen LogP contribution is -2.53. The first-order valence-electron chi connectivity index (χ1n) is 6.31. The minimum atomic E-state index is 0.409. The number of hydrogen-bond acceptors (Lipinski definition) is 4. The first-order chi connectivity index (χ1) is 8.78. The van der Waals surface area contributed by atoms with Crippen molar-refractivity contribution in [2.24, 2.45) is 5.92 Å². The molecule has 1 atom stereocenters. The molecule has 3 fully saturated rings. The molecule has 0 aliphatic carbocycles. The van der Waals surface area contributed by atoms with Crippen LogP contribution >= 0.6 is 11.6 Å². The second-order valence-corrected chi connectivity index (χ2v) is 5.40. The minimum absolute atomic E-state index is 0.409. The number of piperidine rings is 3. The zero-order valence-corrected chi connectivity index (χ0v) is 10.8. The van der Waals surface area contributed by atoms with E-state index in [0.29, 0.717) is 28.4 Å². The highest BCUT2D eigenvalue weighted by molar-refractivity contribution is 6.34. The van der Waals surface area contributed by atoms with E-state index in [0.717, 1.165) is 6.54 Å². The van der Waals surface area contributed by atoms with Crippen LogP contribution < -0.4 is 5.32 Å². The van der Waals surface area contributed by atoms with Crippen molar-refractivity contribution in [2.45, 2.75) is 18.9 Å². The Balaban J connectivity index is 1.79. The highest BCUT2D eigenvalue weighted by Crippen LogP contribution is 2.31. The molecule has 4 nitrogen and oxygen atoms in total. The Kier molecular flexibility index (Phi) is 3.11. The lowest BCUT2D eigenvalue weighted by Gasteiger charge is -2.45. The van der Waals surface area contributed by atoms with Gasteiger partial charge in [0.2, 0.25) is 0 Å². The molecule has 3 aliphatic rings. The van der Waals surface area contributed by atoms with Crippen LogP contribution in [0, 0.1) is 17.2 Å². The number of fused-ring (bicyclic) bond motifs is 3. The van der Waals surface area contributed by atoms with Crippen molar-refractivity contribution in [1.82, 2.24) is 9.88 Å². The third kappa shape index (κ3) is 2.05. The van der Waals surface area contributed by atoms with Gasteiger partial charge in [-0.05, 0) is 37.9 Å². The molecule has 94 valence electrons. The van der Waals surface area contributed by atoms with Gasteiger partial charge in [-0.15, -0.1) is 0 Å². The molecule has 3 aliphatic heterocycles. The molecule has 1 unspecified atom stereocenters. The molecule has 4 heterocycles. The van der Waals surface area contributed by atoms with Gasteiger partial charge in [0, 0.05) is 18.8 Å². The average Bonchev–Trinajstić information content (AvgIpc) is 2.42. The molecule has 0 amide bonds. The SMILES string of the molecule is N#Cc1ccnc(NC2CN3CCC2CC3)c1Cl. The zero-order valence-electron chi connectivity index (χ0n) is 10.1. The van der Waals surface area contributed by atoms with E-state index in [1.807, 2.05) is 0 Å². The number of hydrogen-bond donors (Lipinski definition) is 1. The Morgan fingerprint density at radius 3 is 2.83 bits per heavy atom. The largest absolute Gasteiger partial charge is 0.364 e. The van der Waals surface area contributed by atoms with Crippen LogP contribution in [0.5, 0.6) is 0 Å². The van der Waals surface area contributed by atoms with Crippen LogP contribution in [0.25, 0.3) is 0 Å². The molecule has 0 aromatic carbocycles. The molecule has 3 saturated heterocycles. The fraction of sp³-hybridized carbons (Fsp3) is 0.538. The van der Waals surface area contributed by atoms with Gasteiger partial charge in [-0.2, -0.15) is 5.26 Å². The molecule has 5 heteroatoms. The number of nitriles is 1. The normalized spacial score (nSPS) is 29.9. The van der Waals surface area contributed by atoms with Crippen molar-refractivity contribution in [2.75, 3.05) is 25.0 Å². The number of halogens is 1. The molecule has 18 heavy (non-hydrogen) atoms. The number of nitrogens with zero attached hydrogens (tertiary/aromatic N) is 3. The topological polar surface area (TPSA) is 52.0 Å². The second-order valence-electron chi connectivity index (χ2n) is 5.02. The van der Waals surface area contributed by atoms with Gasteiger partial charge in [-0.25, -0.2) is 4.98 Å². The summed E-state index contributed by atoms with van der Waals surface area (Å²) >= 11 is 6.17. The third-order valence-corrected chi connectivity index (χ3v) is 4.37. The summed E-state index contributed by atoms with van der Waals surface area (Å²) in [6, 6.07) is 4.14. The maximum absolute atomic E-state index is 8.96. The highest BCUT2D eigenvalue weighted by Gasteiger charge is 2.34. The monoisotopic (exact) mass is 262 g/mol. The van der Waals surface area contributed by atoms with Crippen LogP contribution in [0.2, 0.25) is 5.02 Å². The first-order valence-corrected chi connectivity index (χ1v) is 6.69.